The highest BCUT2D eigenvalue weighted by Gasteiger charge is 2.10. The number of pyridine rings is 1. The molecule has 2 heterocycles. The lowest BCUT2D eigenvalue weighted by Crippen LogP contribution is -2.13. The van der Waals surface area contributed by atoms with Gasteiger partial charge in [-0.25, -0.2) is 9.78 Å². The lowest BCUT2D eigenvalue weighted by molar-refractivity contribution is 0.0463. The van der Waals surface area contributed by atoms with Crippen LogP contribution in [-0.2, 0) is 11.3 Å². The fraction of sp³-hybridized carbons (Fsp3) is 0.133. The Bertz CT molecular complexity index is 831. The number of aromatic nitrogens is 3. The van der Waals surface area contributed by atoms with E-state index in [0.29, 0.717) is 11.5 Å². The average molecular weight is 283 g/mol. The summed E-state index contributed by atoms with van der Waals surface area (Å²) in [5, 5.41) is 0. The SMILES string of the molecule is Cc1cc(C(=O)OCc2nc3ccccc3[nH]2)cc(=O)[nH]1. The summed E-state index contributed by atoms with van der Waals surface area (Å²) in [5.41, 5.74) is 2.21. The molecule has 6 heteroatoms. The van der Waals surface area contributed by atoms with E-state index >= 15 is 0 Å². The number of esters is 1. The van der Waals surface area contributed by atoms with Gasteiger partial charge in [0.05, 0.1) is 16.6 Å². The minimum absolute atomic E-state index is 0.0271. The highest BCUT2D eigenvalue weighted by molar-refractivity contribution is 5.89. The number of rotatable bonds is 3. The van der Waals surface area contributed by atoms with Crippen LogP contribution in [-0.4, -0.2) is 20.9 Å². The van der Waals surface area contributed by atoms with Crippen molar-refractivity contribution >= 4 is 17.0 Å². The quantitative estimate of drug-likeness (QED) is 0.719. The van der Waals surface area contributed by atoms with Gasteiger partial charge in [-0.15, -0.1) is 0 Å². The Kier molecular flexibility index (Phi) is 3.27. The number of benzene rings is 1. The van der Waals surface area contributed by atoms with Crippen LogP contribution in [0, 0.1) is 6.92 Å². The summed E-state index contributed by atoms with van der Waals surface area (Å²) in [6.45, 7) is 1.73. The molecular weight excluding hydrogens is 270 g/mol. The molecule has 0 fully saturated rings. The second kappa shape index (κ2) is 5.24. The standard InChI is InChI=1S/C15H13N3O3/c1-9-6-10(7-14(19)16-9)15(20)21-8-13-17-11-4-2-3-5-12(11)18-13/h2-7H,8H2,1H3,(H,16,19)(H,17,18). The Morgan fingerprint density at radius 2 is 2.05 bits per heavy atom. The van der Waals surface area contributed by atoms with E-state index in [1.807, 2.05) is 24.3 Å². The Balaban J connectivity index is 1.74. The molecule has 6 nitrogen and oxygen atoms in total. The molecule has 0 bridgehead atoms. The zero-order valence-corrected chi connectivity index (χ0v) is 11.3. The molecule has 0 aliphatic heterocycles. The van der Waals surface area contributed by atoms with Gasteiger partial charge >= 0.3 is 5.97 Å². The fourth-order valence-corrected chi connectivity index (χ4v) is 2.09. The molecule has 0 saturated heterocycles. The molecule has 0 aliphatic rings. The van der Waals surface area contributed by atoms with Gasteiger partial charge in [-0.1, -0.05) is 12.1 Å². The Labute approximate surface area is 119 Å². The van der Waals surface area contributed by atoms with Crippen LogP contribution >= 0.6 is 0 Å². The van der Waals surface area contributed by atoms with Crippen molar-refractivity contribution in [1.82, 2.24) is 15.0 Å². The first-order valence-electron chi connectivity index (χ1n) is 6.43. The number of hydrogen-bond donors (Lipinski definition) is 2. The maximum absolute atomic E-state index is 11.9. The minimum atomic E-state index is -0.551. The Morgan fingerprint density at radius 3 is 2.81 bits per heavy atom. The number of hydrogen-bond acceptors (Lipinski definition) is 4. The first kappa shape index (κ1) is 13.1. The lowest BCUT2D eigenvalue weighted by atomic mass is 10.2. The van der Waals surface area contributed by atoms with Gasteiger partial charge in [-0.3, -0.25) is 4.79 Å². The molecule has 0 unspecified atom stereocenters. The Morgan fingerprint density at radius 1 is 1.24 bits per heavy atom. The van der Waals surface area contributed by atoms with Crippen molar-refractivity contribution in [3.8, 4) is 0 Å². The maximum atomic E-state index is 11.9. The van der Waals surface area contributed by atoms with Crippen molar-refractivity contribution in [1.29, 1.82) is 0 Å². The van der Waals surface area contributed by atoms with Crippen LogP contribution in [0.2, 0.25) is 0 Å². The molecule has 0 aliphatic carbocycles. The van der Waals surface area contributed by atoms with E-state index in [0.717, 1.165) is 11.0 Å². The topological polar surface area (TPSA) is 87.8 Å². The number of aryl methyl sites for hydroxylation is 1. The van der Waals surface area contributed by atoms with E-state index in [4.69, 9.17) is 4.74 Å². The summed E-state index contributed by atoms with van der Waals surface area (Å²) in [6.07, 6.45) is 0. The van der Waals surface area contributed by atoms with E-state index in [9.17, 15) is 9.59 Å². The van der Waals surface area contributed by atoms with Crippen molar-refractivity contribution in [3.63, 3.8) is 0 Å². The monoisotopic (exact) mass is 283 g/mol. The summed E-state index contributed by atoms with van der Waals surface area (Å²) >= 11 is 0. The molecule has 0 amide bonds. The molecule has 106 valence electrons. The van der Waals surface area contributed by atoms with Gasteiger partial charge in [0.2, 0.25) is 5.56 Å². The summed E-state index contributed by atoms with van der Waals surface area (Å²) in [4.78, 5) is 33.2. The molecule has 0 saturated carbocycles. The van der Waals surface area contributed by atoms with E-state index in [1.54, 1.807) is 13.0 Å². The summed E-state index contributed by atoms with van der Waals surface area (Å²) in [5.74, 6) is 0.00997. The summed E-state index contributed by atoms with van der Waals surface area (Å²) in [6, 6.07) is 10.3. The smallest absolute Gasteiger partial charge is 0.338 e. The van der Waals surface area contributed by atoms with Crippen LogP contribution < -0.4 is 5.56 Å². The van der Waals surface area contributed by atoms with Crippen molar-refractivity contribution in [2.75, 3.05) is 0 Å². The van der Waals surface area contributed by atoms with Crippen LogP contribution in [0.1, 0.15) is 21.9 Å². The van der Waals surface area contributed by atoms with Gasteiger partial charge in [-0.05, 0) is 25.1 Å². The number of aromatic amines is 2. The van der Waals surface area contributed by atoms with Crippen LogP contribution in [0.3, 0.4) is 0 Å². The second-order valence-electron chi connectivity index (χ2n) is 4.69. The molecule has 1 aromatic carbocycles. The zero-order chi connectivity index (χ0) is 14.8. The molecule has 2 aromatic heterocycles. The van der Waals surface area contributed by atoms with E-state index in [-0.39, 0.29) is 17.7 Å². The van der Waals surface area contributed by atoms with Gasteiger partial charge in [0, 0.05) is 11.8 Å². The number of imidazole rings is 1. The van der Waals surface area contributed by atoms with Crippen LogP contribution in [0.25, 0.3) is 11.0 Å². The van der Waals surface area contributed by atoms with Crippen molar-refractivity contribution in [2.45, 2.75) is 13.5 Å². The van der Waals surface area contributed by atoms with Gasteiger partial charge in [0.1, 0.15) is 12.4 Å². The second-order valence-corrected chi connectivity index (χ2v) is 4.69. The van der Waals surface area contributed by atoms with E-state index in [2.05, 4.69) is 15.0 Å². The largest absolute Gasteiger partial charge is 0.454 e. The molecule has 21 heavy (non-hydrogen) atoms. The maximum Gasteiger partial charge on any atom is 0.338 e. The van der Waals surface area contributed by atoms with Crippen LogP contribution in [0.5, 0.6) is 0 Å². The van der Waals surface area contributed by atoms with Crippen molar-refractivity contribution in [3.05, 3.63) is 63.8 Å². The highest BCUT2D eigenvalue weighted by atomic mass is 16.5. The number of para-hydroxylation sites is 2. The predicted molar refractivity (Wildman–Crippen MR) is 77.0 cm³/mol. The zero-order valence-electron chi connectivity index (χ0n) is 11.3. The number of carbonyl (C=O) groups excluding carboxylic acids is 1. The van der Waals surface area contributed by atoms with E-state index < -0.39 is 5.97 Å². The van der Waals surface area contributed by atoms with Crippen molar-refractivity contribution in [2.24, 2.45) is 0 Å². The first-order chi connectivity index (χ1) is 10.1. The number of nitrogens with zero attached hydrogens (tertiary/aromatic N) is 1. The third-order valence-electron chi connectivity index (χ3n) is 2.99. The molecule has 2 N–H and O–H groups in total. The summed E-state index contributed by atoms with van der Waals surface area (Å²) in [7, 11) is 0. The number of H-pyrrole nitrogens is 2. The summed E-state index contributed by atoms with van der Waals surface area (Å²) < 4.78 is 5.17. The van der Waals surface area contributed by atoms with Gasteiger partial charge in [-0.2, -0.15) is 0 Å². The third kappa shape index (κ3) is 2.84. The minimum Gasteiger partial charge on any atom is -0.454 e. The number of nitrogens with one attached hydrogen (secondary N) is 2. The highest BCUT2D eigenvalue weighted by Crippen LogP contribution is 2.11. The molecular formula is C15H13N3O3. The fourth-order valence-electron chi connectivity index (χ4n) is 2.09. The average Bonchev–Trinajstić information content (AvgIpc) is 2.86. The Hall–Kier alpha value is -2.89. The predicted octanol–water partition coefficient (Wildman–Crippen LogP) is 1.92. The lowest BCUT2D eigenvalue weighted by Gasteiger charge is -2.03. The van der Waals surface area contributed by atoms with Gasteiger partial charge in [0.25, 0.3) is 0 Å². The first-order valence-corrected chi connectivity index (χ1v) is 6.43. The molecule has 3 aromatic rings. The van der Waals surface area contributed by atoms with Crippen LogP contribution in [0.4, 0.5) is 0 Å². The van der Waals surface area contributed by atoms with Gasteiger partial charge in [0.15, 0.2) is 0 Å². The third-order valence-corrected chi connectivity index (χ3v) is 2.99. The van der Waals surface area contributed by atoms with Crippen molar-refractivity contribution < 1.29 is 9.53 Å². The number of carbonyl (C=O) groups is 1. The molecule has 0 radical (unpaired) electrons. The molecule has 3 rings (SSSR count). The van der Waals surface area contributed by atoms with E-state index in [1.165, 1.54) is 6.07 Å². The normalized spacial score (nSPS) is 10.7. The number of ether oxygens (including phenoxy) is 1. The molecule has 0 atom stereocenters. The van der Waals surface area contributed by atoms with Crippen LogP contribution in [0.15, 0.2) is 41.2 Å². The molecule has 0 spiro atoms. The van der Waals surface area contributed by atoms with Gasteiger partial charge < -0.3 is 14.7 Å². The number of fused-ring (bicyclic) bond motifs is 1.